The zero-order chi connectivity index (χ0) is 14.0. The highest BCUT2D eigenvalue weighted by Gasteiger charge is 2.43. The van der Waals surface area contributed by atoms with E-state index in [1.54, 1.807) is 7.11 Å². The highest BCUT2D eigenvalue weighted by atomic mass is 28.4. The molecule has 7 heteroatoms. The summed E-state index contributed by atoms with van der Waals surface area (Å²) >= 11 is 0. The fourth-order valence-electron chi connectivity index (χ4n) is 1.54. The largest absolute Gasteiger partial charge is 0.679 e. The Morgan fingerprint density at radius 2 is 1.68 bits per heavy atom. The third-order valence-electron chi connectivity index (χ3n) is 2.56. The molecule has 0 spiro atoms. The fourth-order valence-corrected chi connectivity index (χ4v) is 3.24. The van der Waals surface area contributed by atoms with Crippen molar-refractivity contribution >= 4 is 9.05 Å². The van der Waals surface area contributed by atoms with E-state index >= 15 is 0 Å². The first-order valence-electron chi connectivity index (χ1n) is 6.92. The van der Waals surface area contributed by atoms with Crippen molar-refractivity contribution in [3.8, 4) is 0 Å². The lowest BCUT2D eigenvalue weighted by molar-refractivity contribution is -0.0186. The van der Waals surface area contributed by atoms with Gasteiger partial charge in [0, 0.05) is 33.5 Å². The fraction of sp³-hybridized carbons (Fsp3) is 1.00. The summed E-state index contributed by atoms with van der Waals surface area (Å²) in [5, 5.41) is 0. The second kappa shape index (κ2) is 9.81. The Balaban J connectivity index is 2.05. The van der Waals surface area contributed by atoms with Gasteiger partial charge < -0.3 is 27.2 Å². The maximum Gasteiger partial charge on any atom is 0.679 e. The molecule has 1 unspecified atom stereocenters. The third-order valence-corrected chi connectivity index (χ3v) is 4.90. The van der Waals surface area contributed by atoms with Crippen molar-refractivity contribution in [2.24, 2.45) is 0 Å². The zero-order valence-electron chi connectivity index (χ0n) is 12.2. The number of epoxide rings is 1. The number of ether oxygens (including phenoxy) is 2. The minimum Gasteiger partial charge on any atom is -0.379 e. The Kier molecular flexibility index (Phi) is 8.80. The van der Waals surface area contributed by atoms with Gasteiger partial charge in [-0.2, -0.15) is 0 Å². The smallest absolute Gasteiger partial charge is 0.379 e. The molecule has 0 aromatic carbocycles. The number of rotatable bonds is 13. The Bertz CT molecular complexity index is 218. The first-order valence-corrected chi connectivity index (χ1v) is 8.56. The highest BCUT2D eigenvalue weighted by Crippen LogP contribution is 2.12. The molecule has 1 rings (SSSR count). The molecule has 0 bridgehead atoms. The molecule has 0 aromatic rings. The minimum absolute atomic E-state index is 0.334. The minimum atomic E-state index is -2.91. The van der Waals surface area contributed by atoms with Crippen molar-refractivity contribution in [1.29, 1.82) is 0 Å². The summed E-state index contributed by atoms with van der Waals surface area (Å²) in [6.07, 6.45) is 2.17. The van der Waals surface area contributed by atoms with E-state index in [-0.39, 0.29) is 0 Å². The van der Waals surface area contributed by atoms with Crippen LogP contribution < -0.4 is 0 Å². The summed E-state index contributed by atoms with van der Waals surface area (Å²) in [6, 6.07) is 0. The molecule has 1 heterocycles. The number of hydrogen-bond donors (Lipinski definition) is 0. The van der Waals surface area contributed by atoms with Gasteiger partial charge in [0.05, 0.1) is 13.2 Å². The zero-order valence-corrected chi connectivity index (χ0v) is 13.2. The van der Waals surface area contributed by atoms with Crippen molar-refractivity contribution in [3.63, 3.8) is 0 Å². The van der Waals surface area contributed by atoms with Gasteiger partial charge in [-0.05, 0) is 26.7 Å². The third kappa shape index (κ3) is 7.36. The summed E-state index contributed by atoms with van der Waals surface area (Å²) < 4.78 is 32.5. The topological polar surface area (TPSA) is 58.7 Å². The Morgan fingerprint density at radius 3 is 2.21 bits per heavy atom. The average Bonchev–Trinajstić information content (AvgIpc) is 3.22. The predicted molar refractivity (Wildman–Crippen MR) is 71.8 cm³/mol. The van der Waals surface area contributed by atoms with E-state index in [2.05, 4.69) is 0 Å². The first-order chi connectivity index (χ1) is 9.26. The van der Waals surface area contributed by atoms with Gasteiger partial charge in [0.2, 0.25) is 0 Å². The quantitative estimate of drug-likeness (QED) is 0.290. The van der Waals surface area contributed by atoms with Crippen LogP contribution in [0.4, 0.5) is 0 Å². The molecule has 6 nitrogen and oxygen atoms in total. The maximum atomic E-state index is 5.69. The summed E-state index contributed by atoms with van der Waals surface area (Å²) in [5.74, 6) is 0. The second-order valence-electron chi connectivity index (χ2n) is 4.16. The molecule has 0 aromatic heterocycles. The van der Waals surface area contributed by atoms with Gasteiger partial charge in [0.25, 0.3) is 0 Å². The number of unbranched alkanes of at least 4 members (excludes halogenated alkanes) is 1. The van der Waals surface area contributed by atoms with Crippen LogP contribution in [-0.4, -0.2) is 61.9 Å². The maximum absolute atomic E-state index is 5.69. The Labute approximate surface area is 116 Å². The van der Waals surface area contributed by atoms with E-state index in [1.807, 2.05) is 13.8 Å². The average molecular weight is 294 g/mol. The van der Waals surface area contributed by atoms with Crippen LogP contribution >= 0.6 is 0 Å². The van der Waals surface area contributed by atoms with Crippen molar-refractivity contribution in [1.82, 2.24) is 0 Å². The van der Waals surface area contributed by atoms with Gasteiger partial charge in [-0.25, -0.2) is 0 Å². The van der Waals surface area contributed by atoms with E-state index in [9.17, 15) is 0 Å². The SMILES string of the molecule is CCO[Si](OC)(OCC)OCCCCOCC1CO1. The molecule has 0 aliphatic carbocycles. The van der Waals surface area contributed by atoms with Gasteiger partial charge in [-0.15, -0.1) is 0 Å². The van der Waals surface area contributed by atoms with Crippen molar-refractivity contribution in [2.75, 3.05) is 46.8 Å². The lowest BCUT2D eigenvalue weighted by Gasteiger charge is -2.25. The van der Waals surface area contributed by atoms with Gasteiger partial charge in [-0.3, -0.25) is 0 Å². The molecule has 0 saturated carbocycles. The summed E-state index contributed by atoms with van der Waals surface area (Å²) in [7, 11) is -1.34. The van der Waals surface area contributed by atoms with E-state index in [0.717, 1.165) is 26.1 Å². The van der Waals surface area contributed by atoms with Crippen LogP contribution in [-0.2, 0) is 27.2 Å². The molecular weight excluding hydrogens is 268 g/mol. The molecule has 19 heavy (non-hydrogen) atoms. The molecule has 1 fully saturated rings. The second-order valence-corrected chi connectivity index (χ2v) is 6.43. The summed E-state index contributed by atoms with van der Waals surface area (Å²) in [4.78, 5) is 0. The van der Waals surface area contributed by atoms with Crippen LogP contribution in [0.3, 0.4) is 0 Å². The van der Waals surface area contributed by atoms with E-state index in [0.29, 0.717) is 32.5 Å². The lowest BCUT2D eigenvalue weighted by Crippen LogP contribution is -2.48. The van der Waals surface area contributed by atoms with Gasteiger partial charge in [0.1, 0.15) is 6.10 Å². The molecule has 1 aliphatic heterocycles. The van der Waals surface area contributed by atoms with Gasteiger partial charge in [0.15, 0.2) is 0 Å². The Morgan fingerprint density at radius 1 is 1.05 bits per heavy atom. The van der Waals surface area contributed by atoms with Crippen LogP contribution in [0.1, 0.15) is 26.7 Å². The molecule has 1 aliphatic rings. The lowest BCUT2D eigenvalue weighted by atomic mass is 10.3. The van der Waals surface area contributed by atoms with E-state index in [1.165, 1.54) is 0 Å². The molecule has 0 N–H and O–H groups in total. The first kappa shape index (κ1) is 17.0. The number of hydrogen-bond acceptors (Lipinski definition) is 6. The molecule has 1 atom stereocenters. The van der Waals surface area contributed by atoms with Crippen LogP contribution in [0.2, 0.25) is 0 Å². The molecule has 114 valence electrons. The molecule has 0 radical (unpaired) electrons. The van der Waals surface area contributed by atoms with Crippen LogP contribution in [0.25, 0.3) is 0 Å². The molecule has 1 saturated heterocycles. The van der Waals surface area contributed by atoms with Gasteiger partial charge in [-0.1, -0.05) is 0 Å². The van der Waals surface area contributed by atoms with Crippen LogP contribution in [0.15, 0.2) is 0 Å². The predicted octanol–water partition coefficient (Wildman–Crippen LogP) is 1.35. The molecular formula is C12H26O6Si. The van der Waals surface area contributed by atoms with E-state index < -0.39 is 9.05 Å². The van der Waals surface area contributed by atoms with Gasteiger partial charge >= 0.3 is 9.05 Å². The van der Waals surface area contributed by atoms with Crippen molar-refractivity contribution in [2.45, 2.75) is 32.8 Å². The summed E-state index contributed by atoms with van der Waals surface area (Å²) in [6.45, 7) is 7.67. The van der Waals surface area contributed by atoms with Crippen LogP contribution in [0.5, 0.6) is 0 Å². The molecule has 0 amide bonds. The normalized spacial score (nSPS) is 18.8. The highest BCUT2D eigenvalue weighted by molar-refractivity contribution is 6.53. The van der Waals surface area contributed by atoms with Crippen LogP contribution in [0, 0.1) is 0 Å². The standard InChI is InChI=1S/C12H26O6Si/c1-4-16-19(13-3,17-5-2)18-9-7-6-8-14-10-12-11-15-12/h12H,4-11H2,1-3H3. The van der Waals surface area contributed by atoms with Crippen molar-refractivity contribution < 1.29 is 27.2 Å². The van der Waals surface area contributed by atoms with E-state index in [4.69, 9.17) is 27.2 Å². The monoisotopic (exact) mass is 294 g/mol. The van der Waals surface area contributed by atoms with Crippen molar-refractivity contribution in [3.05, 3.63) is 0 Å². The Hall–Kier alpha value is -0.0231. The summed E-state index contributed by atoms with van der Waals surface area (Å²) in [5.41, 5.74) is 0.